The van der Waals surface area contributed by atoms with Gasteiger partial charge in [-0.1, -0.05) is 251 Å². The van der Waals surface area contributed by atoms with E-state index in [1.807, 2.05) is 0 Å². The van der Waals surface area contributed by atoms with Gasteiger partial charge in [0.2, 0.25) is 0 Å². The minimum Gasteiger partial charge on any atom is -0.462 e. The second-order valence-corrected chi connectivity index (χ2v) is 20.2. The van der Waals surface area contributed by atoms with Gasteiger partial charge in [0.1, 0.15) is 13.2 Å². The van der Waals surface area contributed by atoms with Crippen LogP contribution in [-0.2, 0) is 28.6 Å². The summed E-state index contributed by atoms with van der Waals surface area (Å²) in [6.45, 7) is 6.38. The van der Waals surface area contributed by atoms with Crippen molar-refractivity contribution >= 4 is 17.9 Å². The van der Waals surface area contributed by atoms with E-state index in [0.717, 1.165) is 141 Å². The van der Waals surface area contributed by atoms with Gasteiger partial charge >= 0.3 is 17.9 Å². The van der Waals surface area contributed by atoms with Gasteiger partial charge in [0.05, 0.1) is 0 Å². The van der Waals surface area contributed by atoms with Crippen LogP contribution in [0.15, 0.2) is 122 Å². The molecule has 426 valence electrons. The summed E-state index contributed by atoms with van der Waals surface area (Å²) in [6.07, 6.45) is 86.3. The Labute approximate surface area is 462 Å². The van der Waals surface area contributed by atoms with Crippen molar-refractivity contribution in [2.45, 2.75) is 284 Å². The van der Waals surface area contributed by atoms with Crippen molar-refractivity contribution in [2.24, 2.45) is 0 Å². The number of ether oxygens (including phenoxy) is 3. The van der Waals surface area contributed by atoms with Gasteiger partial charge in [-0.3, -0.25) is 14.4 Å². The van der Waals surface area contributed by atoms with Gasteiger partial charge in [0, 0.05) is 19.3 Å². The van der Waals surface area contributed by atoms with Crippen LogP contribution >= 0.6 is 0 Å². The predicted octanol–water partition coefficient (Wildman–Crippen LogP) is 21.2. The quantitative estimate of drug-likeness (QED) is 0.0261. The van der Waals surface area contributed by atoms with E-state index in [2.05, 4.69) is 142 Å². The third-order valence-corrected chi connectivity index (χ3v) is 12.9. The largest absolute Gasteiger partial charge is 0.462 e. The summed E-state index contributed by atoms with van der Waals surface area (Å²) in [7, 11) is 0. The van der Waals surface area contributed by atoms with Gasteiger partial charge in [-0.2, -0.15) is 0 Å². The van der Waals surface area contributed by atoms with Crippen LogP contribution in [0.1, 0.15) is 278 Å². The predicted molar refractivity (Wildman–Crippen MR) is 325 cm³/mol. The number of hydrogen-bond donors (Lipinski definition) is 0. The van der Waals surface area contributed by atoms with Gasteiger partial charge in [-0.25, -0.2) is 0 Å². The van der Waals surface area contributed by atoms with Crippen molar-refractivity contribution in [3.8, 4) is 0 Å². The summed E-state index contributed by atoms with van der Waals surface area (Å²) in [5, 5.41) is 0. The highest BCUT2D eigenvalue weighted by molar-refractivity contribution is 5.71. The molecule has 0 aliphatic rings. The monoisotopic (exact) mass is 1040 g/mol. The fraction of sp³-hybridized carbons (Fsp3) is 0.667. The fourth-order valence-electron chi connectivity index (χ4n) is 8.34. The van der Waals surface area contributed by atoms with E-state index < -0.39 is 6.10 Å². The lowest BCUT2D eigenvalue weighted by atomic mass is 10.1. The molecule has 0 amide bonds. The van der Waals surface area contributed by atoms with Gasteiger partial charge in [0.25, 0.3) is 0 Å². The van der Waals surface area contributed by atoms with Crippen LogP contribution in [0, 0.1) is 0 Å². The Hall–Kier alpha value is -4.19. The fourth-order valence-corrected chi connectivity index (χ4v) is 8.34. The summed E-state index contributed by atoms with van der Waals surface area (Å²) >= 11 is 0. The normalized spacial score (nSPS) is 12.9. The summed E-state index contributed by atoms with van der Waals surface area (Å²) in [5.74, 6) is -0.920. The smallest absolute Gasteiger partial charge is 0.306 e. The molecular formula is C69H114O6. The molecule has 0 rings (SSSR count). The summed E-state index contributed by atoms with van der Waals surface area (Å²) in [6, 6.07) is 0. The first-order chi connectivity index (χ1) is 37.0. The molecule has 0 N–H and O–H groups in total. The van der Waals surface area contributed by atoms with Crippen molar-refractivity contribution in [1.29, 1.82) is 0 Å². The number of hydrogen-bond acceptors (Lipinski definition) is 6. The molecule has 0 saturated heterocycles. The van der Waals surface area contributed by atoms with Crippen LogP contribution in [0.4, 0.5) is 0 Å². The Bertz CT molecular complexity index is 1570. The Morgan fingerprint density at radius 2 is 0.520 bits per heavy atom. The van der Waals surface area contributed by atoms with Gasteiger partial charge in [-0.05, 0) is 128 Å². The van der Waals surface area contributed by atoms with Gasteiger partial charge in [-0.15, -0.1) is 0 Å². The Morgan fingerprint density at radius 1 is 0.280 bits per heavy atom. The number of esters is 3. The van der Waals surface area contributed by atoms with E-state index in [1.165, 1.54) is 96.3 Å². The molecule has 0 aliphatic heterocycles. The topological polar surface area (TPSA) is 78.9 Å². The average molecular weight is 1040 g/mol. The molecule has 1 unspecified atom stereocenters. The van der Waals surface area contributed by atoms with Crippen LogP contribution in [0.25, 0.3) is 0 Å². The highest BCUT2D eigenvalue weighted by Gasteiger charge is 2.19. The number of carbonyl (C=O) groups is 3. The number of unbranched alkanes of at least 4 members (excludes halogenated alkanes) is 24. The van der Waals surface area contributed by atoms with E-state index in [4.69, 9.17) is 14.2 Å². The molecule has 0 aromatic heterocycles. The molecule has 0 bridgehead atoms. The molecule has 0 heterocycles. The molecule has 1 atom stereocenters. The number of carbonyl (C=O) groups excluding carboxylic acids is 3. The van der Waals surface area contributed by atoms with Gasteiger partial charge in [0.15, 0.2) is 6.10 Å². The molecule has 75 heavy (non-hydrogen) atoms. The maximum Gasteiger partial charge on any atom is 0.306 e. The molecule has 0 aromatic rings. The zero-order chi connectivity index (χ0) is 54.3. The molecular weight excluding hydrogens is 925 g/mol. The number of rotatable bonds is 55. The van der Waals surface area contributed by atoms with Crippen LogP contribution in [0.2, 0.25) is 0 Å². The lowest BCUT2D eigenvalue weighted by molar-refractivity contribution is -0.167. The van der Waals surface area contributed by atoms with Crippen molar-refractivity contribution in [3.05, 3.63) is 122 Å². The standard InChI is InChI=1S/C69H114O6/c1-4-7-10-13-16-19-22-25-27-28-29-30-31-32-33-34-35-36-37-38-39-40-42-44-47-50-53-56-59-62-68(71)74-65-66(64-73-67(70)61-58-55-52-49-46-43-24-21-18-15-12-9-6-3)75-69(72)63-60-57-54-51-48-45-41-26-23-20-17-14-11-8-5-2/h7-8,10-11,16-17,19-21,24-27,29-30,32-33,35-36,41,66H,4-6,9,12-15,18,22-23,28,31,34,37-40,42-65H2,1-3H3/b10-7-,11-8-,19-16-,20-17-,24-21-,27-25-,30-29-,33-32-,36-35-,41-26-. The van der Waals surface area contributed by atoms with Crippen LogP contribution < -0.4 is 0 Å². The van der Waals surface area contributed by atoms with Crippen molar-refractivity contribution < 1.29 is 28.6 Å². The van der Waals surface area contributed by atoms with E-state index in [-0.39, 0.29) is 31.1 Å². The van der Waals surface area contributed by atoms with E-state index >= 15 is 0 Å². The second-order valence-electron chi connectivity index (χ2n) is 20.2. The van der Waals surface area contributed by atoms with Crippen LogP contribution in [0.3, 0.4) is 0 Å². The zero-order valence-corrected chi connectivity index (χ0v) is 48.8. The maximum atomic E-state index is 12.9. The minimum absolute atomic E-state index is 0.0916. The Kier molecular flexibility index (Phi) is 58.9. The first kappa shape index (κ1) is 70.8. The molecule has 0 aromatic carbocycles. The van der Waals surface area contributed by atoms with Crippen molar-refractivity contribution in [3.63, 3.8) is 0 Å². The minimum atomic E-state index is -0.795. The molecule has 0 fully saturated rings. The second kappa shape index (κ2) is 62.4. The number of allylic oxidation sites excluding steroid dienone is 20. The average Bonchev–Trinajstić information content (AvgIpc) is 3.41. The third-order valence-electron chi connectivity index (χ3n) is 12.9. The summed E-state index contributed by atoms with van der Waals surface area (Å²) in [4.78, 5) is 38.2. The highest BCUT2D eigenvalue weighted by Crippen LogP contribution is 2.15. The lowest BCUT2D eigenvalue weighted by Crippen LogP contribution is -2.30. The van der Waals surface area contributed by atoms with Crippen LogP contribution in [0.5, 0.6) is 0 Å². The SMILES string of the molecule is CC/C=C\C/C=C\C/C=C\C/C=C\C/C=C\C/C=C\CCCCCCCCCCCCC(=O)OCC(COC(=O)CCCCCCC/C=C\CCCCCC)OC(=O)CCCCCCC/C=C\C/C=C\C/C=C\CC. The summed E-state index contributed by atoms with van der Waals surface area (Å²) < 4.78 is 16.9. The molecule has 6 nitrogen and oxygen atoms in total. The van der Waals surface area contributed by atoms with E-state index in [9.17, 15) is 14.4 Å². The van der Waals surface area contributed by atoms with Crippen molar-refractivity contribution in [1.82, 2.24) is 0 Å². The molecule has 0 aliphatic carbocycles. The Morgan fingerprint density at radius 3 is 0.827 bits per heavy atom. The summed E-state index contributed by atoms with van der Waals surface area (Å²) in [5.41, 5.74) is 0. The highest BCUT2D eigenvalue weighted by atomic mass is 16.6. The first-order valence-corrected chi connectivity index (χ1v) is 31.0. The maximum absolute atomic E-state index is 12.9. The Balaban J connectivity index is 4.30. The zero-order valence-electron chi connectivity index (χ0n) is 48.8. The first-order valence-electron chi connectivity index (χ1n) is 31.0. The molecule has 0 spiro atoms. The third kappa shape index (κ3) is 60.6. The van der Waals surface area contributed by atoms with Crippen LogP contribution in [-0.4, -0.2) is 37.2 Å². The van der Waals surface area contributed by atoms with Crippen molar-refractivity contribution in [2.75, 3.05) is 13.2 Å². The van der Waals surface area contributed by atoms with Gasteiger partial charge < -0.3 is 14.2 Å². The van der Waals surface area contributed by atoms with E-state index in [1.54, 1.807) is 0 Å². The molecule has 6 heteroatoms. The molecule has 0 saturated carbocycles. The lowest BCUT2D eigenvalue weighted by Gasteiger charge is -2.18. The molecule has 0 radical (unpaired) electrons. The van der Waals surface area contributed by atoms with E-state index in [0.29, 0.717) is 19.3 Å².